The van der Waals surface area contributed by atoms with Crippen LogP contribution >= 0.6 is 11.3 Å². The van der Waals surface area contributed by atoms with Crippen molar-refractivity contribution in [3.8, 4) is 33.1 Å². The number of aromatic amines is 2. The van der Waals surface area contributed by atoms with Crippen molar-refractivity contribution in [2.24, 2.45) is 5.92 Å². The van der Waals surface area contributed by atoms with Crippen LogP contribution in [-0.4, -0.2) is 20.2 Å². The number of hydrogen-bond acceptors (Lipinski definition) is 4. The first-order chi connectivity index (χ1) is 14.7. The fourth-order valence-electron chi connectivity index (χ4n) is 3.49. The lowest BCUT2D eigenvalue weighted by Gasteiger charge is -2.09. The van der Waals surface area contributed by atoms with Gasteiger partial charge in [0.05, 0.1) is 5.56 Å². The van der Waals surface area contributed by atoms with Gasteiger partial charge < -0.3 is 4.98 Å². The smallest absolute Gasteiger partial charge is 0.260 e. The third-order valence-electron chi connectivity index (χ3n) is 5.37. The summed E-state index contributed by atoms with van der Waals surface area (Å²) in [6.45, 7) is 2.13. The number of nitrogens with one attached hydrogen (secondary N) is 2. The molecule has 0 spiro atoms. The first kappa shape index (κ1) is 18.8. The molecule has 1 aromatic carbocycles. The summed E-state index contributed by atoms with van der Waals surface area (Å²) in [6.07, 6.45) is 9.46. The highest BCUT2D eigenvalue weighted by Crippen LogP contribution is 2.35. The summed E-state index contributed by atoms with van der Waals surface area (Å²) in [7, 11) is 0. The number of aryl methyl sites for hydroxylation is 1. The maximum Gasteiger partial charge on any atom is 0.260 e. The standard InChI is InChI=1S/C24H22N4OS/c1-2-18-11-12-21(30-18)19-13-20(27-24(29)22(19)23-25-14-26-28-23)17-9-7-16(8-10-17)6-5-15-3-4-15/h5-15H,2-4H2,1H3,(H,27,29)(H,25,26,28)/b6-5+. The minimum atomic E-state index is -0.177. The van der Waals surface area contributed by atoms with Crippen molar-refractivity contribution in [2.75, 3.05) is 0 Å². The highest BCUT2D eigenvalue weighted by atomic mass is 32.1. The molecule has 3 heterocycles. The summed E-state index contributed by atoms with van der Waals surface area (Å²) in [4.78, 5) is 22.7. The van der Waals surface area contributed by atoms with Gasteiger partial charge in [0.25, 0.3) is 5.56 Å². The number of thiophene rings is 1. The lowest BCUT2D eigenvalue weighted by Crippen LogP contribution is -2.12. The molecule has 0 amide bonds. The highest BCUT2D eigenvalue weighted by Gasteiger charge is 2.18. The van der Waals surface area contributed by atoms with Crippen molar-refractivity contribution < 1.29 is 0 Å². The number of benzene rings is 1. The van der Waals surface area contributed by atoms with Crippen molar-refractivity contribution in [3.63, 3.8) is 0 Å². The van der Waals surface area contributed by atoms with Gasteiger partial charge in [-0.3, -0.25) is 9.89 Å². The van der Waals surface area contributed by atoms with Crippen molar-refractivity contribution in [1.82, 2.24) is 20.2 Å². The van der Waals surface area contributed by atoms with Gasteiger partial charge in [0.1, 0.15) is 6.33 Å². The van der Waals surface area contributed by atoms with E-state index in [4.69, 9.17) is 0 Å². The topological polar surface area (TPSA) is 74.4 Å². The SMILES string of the molecule is CCc1ccc(-c2cc(-c3ccc(/C=C/C4CC4)cc3)[nH]c(=O)c2-c2ncn[nH]2)s1. The highest BCUT2D eigenvalue weighted by molar-refractivity contribution is 7.15. The number of rotatable bonds is 6. The average molecular weight is 415 g/mol. The van der Waals surface area contributed by atoms with Crippen LogP contribution in [0.15, 0.2) is 59.7 Å². The van der Waals surface area contributed by atoms with Crippen molar-refractivity contribution in [1.29, 1.82) is 0 Å². The Labute approximate surface area is 178 Å². The van der Waals surface area contributed by atoms with Crippen LogP contribution in [0, 0.1) is 5.92 Å². The molecule has 150 valence electrons. The van der Waals surface area contributed by atoms with E-state index in [0.29, 0.717) is 11.4 Å². The second-order valence-electron chi connectivity index (χ2n) is 7.57. The monoisotopic (exact) mass is 414 g/mol. The number of H-pyrrole nitrogens is 2. The predicted octanol–water partition coefficient (Wildman–Crippen LogP) is 5.54. The Bertz CT molecular complexity index is 1250. The maximum atomic E-state index is 13.1. The van der Waals surface area contributed by atoms with Crippen LogP contribution in [0.2, 0.25) is 0 Å². The Hall–Kier alpha value is -3.25. The number of nitrogens with zero attached hydrogens (tertiary/aromatic N) is 2. The number of aromatic nitrogens is 4. The largest absolute Gasteiger partial charge is 0.321 e. The Morgan fingerprint density at radius 3 is 2.67 bits per heavy atom. The maximum absolute atomic E-state index is 13.1. The second-order valence-corrected chi connectivity index (χ2v) is 8.74. The first-order valence-corrected chi connectivity index (χ1v) is 11.0. The molecule has 5 nitrogen and oxygen atoms in total. The quantitative estimate of drug-likeness (QED) is 0.435. The molecule has 0 aliphatic heterocycles. The van der Waals surface area contributed by atoms with Crippen LogP contribution in [0.4, 0.5) is 0 Å². The number of pyridine rings is 1. The van der Waals surface area contributed by atoms with Gasteiger partial charge in [-0.1, -0.05) is 43.3 Å². The van der Waals surface area contributed by atoms with E-state index < -0.39 is 0 Å². The predicted molar refractivity (Wildman–Crippen MR) is 122 cm³/mol. The Kier molecular flexibility index (Phi) is 4.93. The minimum Gasteiger partial charge on any atom is -0.321 e. The van der Waals surface area contributed by atoms with Gasteiger partial charge >= 0.3 is 0 Å². The molecule has 2 N–H and O–H groups in total. The molecule has 1 aliphatic carbocycles. The average Bonchev–Trinajstić information content (AvgIpc) is 3.23. The molecule has 1 saturated carbocycles. The molecular formula is C24H22N4OS. The lowest BCUT2D eigenvalue weighted by atomic mass is 10.0. The summed E-state index contributed by atoms with van der Waals surface area (Å²) in [6, 6.07) is 14.5. The van der Waals surface area contributed by atoms with E-state index in [9.17, 15) is 4.79 Å². The molecule has 4 aromatic rings. The van der Waals surface area contributed by atoms with E-state index in [0.717, 1.165) is 34.0 Å². The number of hydrogen-bond donors (Lipinski definition) is 2. The van der Waals surface area contributed by atoms with Gasteiger partial charge in [-0.05, 0) is 54.5 Å². The summed E-state index contributed by atoms with van der Waals surface area (Å²) in [5.74, 6) is 1.23. The Balaban J connectivity index is 1.58. The lowest BCUT2D eigenvalue weighted by molar-refractivity contribution is 1.09. The van der Waals surface area contributed by atoms with Crippen LogP contribution in [0.1, 0.15) is 30.2 Å². The summed E-state index contributed by atoms with van der Waals surface area (Å²) >= 11 is 1.70. The summed E-state index contributed by atoms with van der Waals surface area (Å²) in [5.41, 5.74) is 4.16. The molecule has 0 saturated heterocycles. The molecule has 5 rings (SSSR count). The van der Waals surface area contributed by atoms with Crippen LogP contribution in [-0.2, 0) is 6.42 Å². The van der Waals surface area contributed by atoms with Crippen molar-refractivity contribution in [2.45, 2.75) is 26.2 Å². The molecule has 1 aliphatic rings. The third-order valence-corrected chi connectivity index (χ3v) is 6.63. The van der Waals surface area contributed by atoms with Gasteiger partial charge in [0.15, 0.2) is 5.82 Å². The molecule has 3 aromatic heterocycles. The van der Waals surface area contributed by atoms with Crippen molar-refractivity contribution in [3.05, 3.63) is 75.7 Å². The first-order valence-electron chi connectivity index (χ1n) is 10.2. The van der Waals surface area contributed by atoms with Crippen LogP contribution in [0.3, 0.4) is 0 Å². The van der Waals surface area contributed by atoms with E-state index >= 15 is 0 Å². The molecule has 30 heavy (non-hydrogen) atoms. The zero-order valence-corrected chi connectivity index (χ0v) is 17.5. The van der Waals surface area contributed by atoms with E-state index in [-0.39, 0.29) is 5.56 Å². The normalized spacial score (nSPS) is 13.9. The van der Waals surface area contributed by atoms with Gasteiger partial charge in [0, 0.05) is 21.0 Å². The molecule has 0 radical (unpaired) electrons. The Morgan fingerprint density at radius 1 is 1.17 bits per heavy atom. The van der Waals surface area contributed by atoms with E-state index in [1.165, 1.54) is 29.6 Å². The van der Waals surface area contributed by atoms with Gasteiger partial charge in [-0.2, -0.15) is 5.10 Å². The summed E-state index contributed by atoms with van der Waals surface area (Å²) < 4.78 is 0. The van der Waals surface area contributed by atoms with E-state index in [1.807, 2.05) is 6.07 Å². The molecule has 0 atom stereocenters. The van der Waals surface area contributed by atoms with Gasteiger partial charge in [0.2, 0.25) is 0 Å². The molecule has 6 heteroatoms. The van der Waals surface area contributed by atoms with Crippen LogP contribution in [0.25, 0.3) is 39.2 Å². The molecule has 0 unspecified atom stereocenters. The van der Waals surface area contributed by atoms with Gasteiger partial charge in [-0.15, -0.1) is 11.3 Å². The van der Waals surface area contributed by atoms with Crippen LogP contribution in [0.5, 0.6) is 0 Å². The zero-order valence-electron chi connectivity index (χ0n) is 16.7. The zero-order chi connectivity index (χ0) is 20.5. The molecule has 1 fully saturated rings. The fourth-order valence-corrected chi connectivity index (χ4v) is 4.46. The second kappa shape index (κ2) is 7.88. The molecule has 0 bridgehead atoms. The molecular weight excluding hydrogens is 392 g/mol. The van der Waals surface area contributed by atoms with Crippen molar-refractivity contribution >= 4 is 17.4 Å². The van der Waals surface area contributed by atoms with E-state index in [2.05, 4.69) is 75.6 Å². The number of allylic oxidation sites excluding steroid dienone is 1. The van der Waals surface area contributed by atoms with E-state index in [1.54, 1.807) is 11.3 Å². The van der Waals surface area contributed by atoms with Crippen LogP contribution < -0.4 is 5.56 Å². The third kappa shape index (κ3) is 3.78. The Morgan fingerprint density at radius 2 is 2.00 bits per heavy atom. The van der Waals surface area contributed by atoms with Gasteiger partial charge in [-0.25, -0.2) is 4.98 Å². The minimum absolute atomic E-state index is 0.177. The fraction of sp³-hybridized carbons (Fsp3) is 0.208. The summed E-state index contributed by atoms with van der Waals surface area (Å²) in [5, 5.41) is 6.76.